The molecule has 6 nitrogen and oxygen atoms in total. The number of nitrogens with one attached hydrogen (secondary N) is 3. The molecular weight excluding hydrogens is 288 g/mol. The quantitative estimate of drug-likeness (QED) is 0.409. The van der Waals surface area contributed by atoms with Crippen LogP contribution in [0.1, 0.15) is 16.8 Å². The lowest BCUT2D eigenvalue weighted by atomic mass is 10.2. The average Bonchev–Trinajstić information content (AvgIpc) is 2.49. The summed E-state index contributed by atoms with van der Waals surface area (Å²) >= 11 is 5.07. The smallest absolute Gasteiger partial charge is 0.269 e. The van der Waals surface area contributed by atoms with Gasteiger partial charge in [0.15, 0.2) is 5.11 Å². The Hall–Kier alpha value is -1.86. The first kappa shape index (κ1) is 17.2. The number of nitrogens with zero attached hydrogens (tertiary/aromatic N) is 1. The van der Waals surface area contributed by atoms with Gasteiger partial charge < -0.3 is 15.0 Å². The molecule has 0 saturated heterocycles. The number of benzene rings is 1. The van der Waals surface area contributed by atoms with Crippen LogP contribution in [0, 0.1) is 0 Å². The van der Waals surface area contributed by atoms with Crippen molar-refractivity contribution in [1.82, 2.24) is 21.1 Å². The van der Waals surface area contributed by atoms with Crippen LogP contribution in [0.2, 0.25) is 0 Å². The Labute approximate surface area is 130 Å². The van der Waals surface area contributed by atoms with Crippen LogP contribution in [0.4, 0.5) is 0 Å². The van der Waals surface area contributed by atoms with Crippen molar-refractivity contribution < 1.29 is 9.53 Å². The fraction of sp³-hybridized carbons (Fsp3) is 0.429. The van der Waals surface area contributed by atoms with E-state index in [-0.39, 0.29) is 5.91 Å². The molecule has 0 aliphatic carbocycles. The van der Waals surface area contributed by atoms with Gasteiger partial charge >= 0.3 is 0 Å². The van der Waals surface area contributed by atoms with Crippen molar-refractivity contribution in [3.05, 3.63) is 29.8 Å². The number of hydrogen-bond donors (Lipinski definition) is 3. The summed E-state index contributed by atoms with van der Waals surface area (Å²) in [6.07, 6.45) is 0.973. The first-order valence-corrected chi connectivity index (χ1v) is 7.06. The zero-order chi connectivity index (χ0) is 15.7. The van der Waals surface area contributed by atoms with Crippen molar-refractivity contribution in [2.45, 2.75) is 6.42 Å². The molecule has 0 spiro atoms. The summed E-state index contributed by atoms with van der Waals surface area (Å²) in [5, 5.41) is 3.42. The summed E-state index contributed by atoms with van der Waals surface area (Å²) in [6.45, 7) is 1.73. The molecule has 0 fully saturated rings. The maximum Gasteiger partial charge on any atom is 0.269 e. The second-order valence-corrected chi connectivity index (χ2v) is 5.13. The Morgan fingerprint density at radius 2 is 1.90 bits per heavy atom. The molecule has 1 aromatic rings. The molecule has 0 saturated carbocycles. The van der Waals surface area contributed by atoms with Gasteiger partial charge in [0, 0.05) is 12.1 Å². The standard InChI is InChI=1S/C14H22N4O2S/c1-18(2)10-4-9-15-14(21)17-16-13(19)11-5-7-12(20-3)8-6-11/h5-8H,4,9-10H2,1-3H3,(H,16,19)(H2,15,17,21). The SMILES string of the molecule is COc1ccc(C(=O)NNC(=S)NCCCN(C)C)cc1. The van der Waals surface area contributed by atoms with Gasteiger partial charge in [0.25, 0.3) is 5.91 Å². The van der Waals surface area contributed by atoms with Gasteiger partial charge in [0.1, 0.15) is 5.75 Å². The highest BCUT2D eigenvalue weighted by atomic mass is 32.1. The number of amides is 1. The average molecular weight is 310 g/mol. The van der Waals surface area contributed by atoms with E-state index < -0.39 is 0 Å². The summed E-state index contributed by atoms with van der Waals surface area (Å²) in [7, 11) is 5.62. The molecule has 0 radical (unpaired) electrons. The number of ether oxygens (including phenoxy) is 1. The van der Waals surface area contributed by atoms with Gasteiger partial charge in [0.05, 0.1) is 7.11 Å². The van der Waals surface area contributed by atoms with Crippen LogP contribution in [0.15, 0.2) is 24.3 Å². The van der Waals surface area contributed by atoms with Crippen LogP contribution in [-0.2, 0) is 0 Å². The molecule has 0 bridgehead atoms. The zero-order valence-electron chi connectivity index (χ0n) is 12.6. The van der Waals surface area contributed by atoms with Crippen LogP contribution in [0.25, 0.3) is 0 Å². The third kappa shape index (κ3) is 6.92. The molecule has 0 aliphatic heterocycles. The Balaban J connectivity index is 2.26. The second kappa shape index (κ2) is 9.15. The van der Waals surface area contributed by atoms with Crippen LogP contribution >= 0.6 is 12.2 Å². The zero-order valence-corrected chi connectivity index (χ0v) is 13.4. The predicted octanol–water partition coefficient (Wildman–Crippen LogP) is 0.756. The van der Waals surface area contributed by atoms with E-state index in [0.717, 1.165) is 19.5 Å². The maximum absolute atomic E-state index is 11.9. The fourth-order valence-electron chi connectivity index (χ4n) is 1.57. The number of methoxy groups -OCH3 is 1. The van der Waals surface area contributed by atoms with Crippen LogP contribution in [0.3, 0.4) is 0 Å². The highest BCUT2D eigenvalue weighted by Gasteiger charge is 2.05. The molecule has 0 aromatic heterocycles. The van der Waals surface area contributed by atoms with Gasteiger partial charge in [-0.15, -0.1) is 0 Å². The molecule has 0 aliphatic rings. The number of thiocarbonyl (C=S) groups is 1. The van der Waals surface area contributed by atoms with Crippen molar-refractivity contribution >= 4 is 23.2 Å². The Morgan fingerprint density at radius 3 is 2.48 bits per heavy atom. The normalized spacial score (nSPS) is 10.1. The Morgan fingerprint density at radius 1 is 1.24 bits per heavy atom. The van der Waals surface area contributed by atoms with Gasteiger partial charge in [-0.05, 0) is 63.5 Å². The van der Waals surface area contributed by atoms with Crippen molar-refractivity contribution in [3.63, 3.8) is 0 Å². The molecule has 0 atom stereocenters. The summed E-state index contributed by atoms with van der Waals surface area (Å²) in [6, 6.07) is 6.83. The Bertz CT molecular complexity index is 463. The fourth-order valence-corrected chi connectivity index (χ4v) is 1.72. The van der Waals surface area contributed by atoms with Crippen molar-refractivity contribution in [2.75, 3.05) is 34.3 Å². The molecule has 0 heterocycles. The molecule has 116 valence electrons. The first-order valence-electron chi connectivity index (χ1n) is 6.66. The van der Waals surface area contributed by atoms with Crippen molar-refractivity contribution in [1.29, 1.82) is 0 Å². The summed E-state index contributed by atoms with van der Waals surface area (Å²) < 4.78 is 5.04. The van der Waals surface area contributed by atoms with E-state index in [1.165, 1.54) is 0 Å². The number of hydrazine groups is 1. The summed E-state index contributed by atoms with van der Waals surface area (Å²) in [4.78, 5) is 14.0. The molecule has 1 amide bonds. The number of rotatable bonds is 6. The molecule has 1 aromatic carbocycles. The van der Waals surface area contributed by atoms with Crippen LogP contribution in [-0.4, -0.2) is 50.2 Å². The van der Waals surface area contributed by atoms with Crippen LogP contribution < -0.4 is 20.9 Å². The minimum atomic E-state index is -0.255. The first-order chi connectivity index (χ1) is 10.0. The van der Waals surface area contributed by atoms with E-state index in [9.17, 15) is 4.79 Å². The minimum Gasteiger partial charge on any atom is -0.497 e. The van der Waals surface area contributed by atoms with Gasteiger partial charge in [-0.25, -0.2) is 0 Å². The third-order valence-corrected chi connectivity index (χ3v) is 2.96. The van der Waals surface area contributed by atoms with Gasteiger partial charge in [0.2, 0.25) is 0 Å². The van der Waals surface area contributed by atoms with E-state index in [1.54, 1.807) is 31.4 Å². The van der Waals surface area contributed by atoms with E-state index in [0.29, 0.717) is 16.4 Å². The highest BCUT2D eigenvalue weighted by molar-refractivity contribution is 7.80. The van der Waals surface area contributed by atoms with Crippen LogP contribution in [0.5, 0.6) is 5.75 Å². The van der Waals surface area contributed by atoms with E-state index in [1.807, 2.05) is 14.1 Å². The topological polar surface area (TPSA) is 65.6 Å². The predicted molar refractivity (Wildman–Crippen MR) is 87.4 cm³/mol. The van der Waals surface area contributed by atoms with Gasteiger partial charge in [-0.1, -0.05) is 0 Å². The maximum atomic E-state index is 11.9. The van der Waals surface area contributed by atoms with Crippen molar-refractivity contribution in [3.8, 4) is 5.75 Å². The molecule has 0 unspecified atom stereocenters. The lowest BCUT2D eigenvalue weighted by molar-refractivity contribution is 0.0943. The van der Waals surface area contributed by atoms with Gasteiger partial charge in [-0.3, -0.25) is 15.6 Å². The summed E-state index contributed by atoms with van der Waals surface area (Å²) in [5.41, 5.74) is 5.74. The molecule has 21 heavy (non-hydrogen) atoms. The molecular formula is C14H22N4O2S. The highest BCUT2D eigenvalue weighted by Crippen LogP contribution is 2.10. The minimum absolute atomic E-state index is 0.255. The van der Waals surface area contributed by atoms with E-state index in [4.69, 9.17) is 17.0 Å². The summed E-state index contributed by atoms with van der Waals surface area (Å²) in [5.74, 6) is 0.452. The molecule has 7 heteroatoms. The molecule has 3 N–H and O–H groups in total. The monoisotopic (exact) mass is 310 g/mol. The number of carbonyl (C=O) groups excluding carboxylic acids is 1. The third-order valence-electron chi connectivity index (χ3n) is 2.71. The van der Waals surface area contributed by atoms with E-state index in [2.05, 4.69) is 21.1 Å². The second-order valence-electron chi connectivity index (χ2n) is 4.72. The van der Waals surface area contributed by atoms with Gasteiger partial charge in [-0.2, -0.15) is 0 Å². The lowest BCUT2D eigenvalue weighted by Gasteiger charge is -2.13. The Kier molecular flexibility index (Phi) is 7.49. The molecule has 1 rings (SSSR count). The largest absolute Gasteiger partial charge is 0.497 e. The number of carbonyl (C=O) groups is 1. The lowest BCUT2D eigenvalue weighted by Crippen LogP contribution is -2.47. The van der Waals surface area contributed by atoms with E-state index >= 15 is 0 Å². The number of hydrogen-bond acceptors (Lipinski definition) is 4. The van der Waals surface area contributed by atoms with Crippen molar-refractivity contribution in [2.24, 2.45) is 0 Å².